The van der Waals surface area contributed by atoms with Gasteiger partial charge in [0.05, 0.1) is 11.8 Å². The second-order valence-electron chi connectivity index (χ2n) is 4.96. The molecule has 1 amide bonds. The molecule has 2 rings (SSSR count). The molecule has 0 radical (unpaired) electrons. The Morgan fingerprint density at radius 1 is 1.28 bits per heavy atom. The number of carboxylic acids is 1. The average molecular weight is 269 g/mol. The minimum atomic E-state index is -0.850. The molecule has 2 aliphatic rings. The molecule has 0 aromatic heterocycles. The summed E-state index contributed by atoms with van der Waals surface area (Å²) < 4.78 is 0. The lowest BCUT2D eigenvalue weighted by atomic mass is 9.82. The first-order valence-corrected chi connectivity index (χ1v) is 7.42. The normalized spacial score (nSPS) is 32.3. The fourth-order valence-corrected chi connectivity index (χ4v) is 3.63. The molecule has 3 atom stereocenters. The molecule has 0 aromatic carbocycles. The molecular formula is C13H19NO3S. The van der Waals surface area contributed by atoms with E-state index in [4.69, 9.17) is 0 Å². The third kappa shape index (κ3) is 2.88. The smallest absolute Gasteiger partial charge is 0.307 e. The highest BCUT2D eigenvalue weighted by molar-refractivity contribution is 7.99. The highest BCUT2D eigenvalue weighted by Gasteiger charge is 2.37. The van der Waals surface area contributed by atoms with Crippen LogP contribution in [0.5, 0.6) is 0 Å². The van der Waals surface area contributed by atoms with Gasteiger partial charge in [0.25, 0.3) is 0 Å². The number of thioether (sulfide) groups is 1. The standard InChI is InChI=1S/C13H19NO3S/c1-9-8-14(6-7-18-9)12(15)10-4-2-3-5-11(10)13(16)17/h2-3,9-11H,4-8H2,1H3,(H,16,17)/t9?,10-,11+/m1/s1. The zero-order valence-corrected chi connectivity index (χ0v) is 11.4. The van der Waals surface area contributed by atoms with Crippen molar-refractivity contribution in [2.24, 2.45) is 11.8 Å². The molecule has 1 unspecified atom stereocenters. The first kappa shape index (κ1) is 13.5. The summed E-state index contributed by atoms with van der Waals surface area (Å²) in [4.78, 5) is 25.5. The van der Waals surface area contributed by atoms with Gasteiger partial charge in [-0.25, -0.2) is 0 Å². The van der Waals surface area contributed by atoms with Crippen molar-refractivity contribution in [2.45, 2.75) is 25.0 Å². The maximum atomic E-state index is 12.4. The van der Waals surface area contributed by atoms with Crippen LogP contribution in [-0.2, 0) is 9.59 Å². The highest BCUT2D eigenvalue weighted by Crippen LogP contribution is 2.29. The van der Waals surface area contributed by atoms with Gasteiger partial charge in [-0.1, -0.05) is 19.1 Å². The topological polar surface area (TPSA) is 57.6 Å². The molecule has 100 valence electrons. The van der Waals surface area contributed by atoms with Crippen molar-refractivity contribution in [1.82, 2.24) is 4.90 Å². The van der Waals surface area contributed by atoms with E-state index in [1.54, 1.807) is 0 Å². The van der Waals surface area contributed by atoms with E-state index in [1.807, 2.05) is 28.8 Å². The van der Waals surface area contributed by atoms with E-state index in [2.05, 4.69) is 6.92 Å². The van der Waals surface area contributed by atoms with Crippen LogP contribution < -0.4 is 0 Å². The van der Waals surface area contributed by atoms with Crippen molar-refractivity contribution in [3.05, 3.63) is 12.2 Å². The van der Waals surface area contributed by atoms with E-state index in [-0.39, 0.29) is 11.8 Å². The fraction of sp³-hybridized carbons (Fsp3) is 0.692. The molecule has 4 nitrogen and oxygen atoms in total. The van der Waals surface area contributed by atoms with Crippen LogP contribution >= 0.6 is 11.8 Å². The largest absolute Gasteiger partial charge is 0.481 e. The summed E-state index contributed by atoms with van der Waals surface area (Å²) in [6, 6.07) is 0. The quantitative estimate of drug-likeness (QED) is 0.774. The lowest BCUT2D eigenvalue weighted by molar-refractivity contribution is -0.150. The van der Waals surface area contributed by atoms with Crippen molar-refractivity contribution >= 4 is 23.6 Å². The summed E-state index contributed by atoms with van der Waals surface area (Å²) in [5, 5.41) is 9.65. The number of carboxylic acid groups (broad SMARTS) is 1. The van der Waals surface area contributed by atoms with Crippen molar-refractivity contribution in [1.29, 1.82) is 0 Å². The summed E-state index contributed by atoms with van der Waals surface area (Å²) in [6.07, 6.45) is 4.85. The van der Waals surface area contributed by atoms with E-state index in [0.717, 1.165) is 18.8 Å². The first-order valence-electron chi connectivity index (χ1n) is 6.37. The monoisotopic (exact) mass is 269 g/mol. The van der Waals surface area contributed by atoms with Gasteiger partial charge in [0.1, 0.15) is 0 Å². The summed E-state index contributed by atoms with van der Waals surface area (Å²) in [5.41, 5.74) is 0. The Balaban J connectivity index is 2.06. The van der Waals surface area contributed by atoms with E-state index < -0.39 is 11.9 Å². The fourth-order valence-electron chi connectivity index (χ4n) is 2.61. The van der Waals surface area contributed by atoms with Gasteiger partial charge in [0.2, 0.25) is 5.91 Å². The van der Waals surface area contributed by atoms with Crippen molar-refractivity contribution in [2.75, 3.05) is 18.8 Å². The summed E-state index contributed by atoms with van der Waals surface area (Å²) in [5.74, 6) is -0.793. The Hall–Kier alpha value is -0.970. The number of rotatable bonds is 2. The van der Waals surface area contributed by atoms with Crippen LogP contribution in [-0.4, -0.2) is 46.0 Å². The average Bonchev–Trinajstić information content (AvgIpc) is 2.38. The summed E-state index contributed by atoms with van der Waals surface area (Å²) >= 11 is 1.87. The Bertz CT molecular complexity index is 369. The van der Waals surface area contributed by atoms with E-state index in [9.17, 15) is 14.7 Å². The first-order chi connectivity index (χ1) is 8.59. The zero-order chi connectivity index (χ0) is 13.1. The van der Waals surface area contributed by atoms with Crippen LogP contribution in [0.4, 0.5) is 0 Å². The van der Waals surface area contributed by atoms with Crippen molar-refractivity contribution in [3.8, 4) is 0 Å². The van der Waals surface area contributed by atoms with E-state index >= 15 is 0 Å². The number of nitrogens with zero attached hydrogens (tertiary/aromatic N) is 1. The third-order valence-electron chi connectivity index (χ3n) is 3.62. The molecule has 0 saturated carbocycles. The van der Waals surface area contributed by atoms with Crippen LogP contribution in [0, 0.1) is 11.8 Å². The van der Waals surface area contributed by atoms with Crippen molar-refractivity contribution in [3.63, 3.8) is 0 Å². The zero-order valence-electron chi connectivity index (χ0n) is 10.5. The molecule has 1 heterocycles. The predicted octanol–water partition coefficient (Wildman–Crippen LogP) is 1.62. The minimum Gasteiger partial charge on any atom is -0.481 e. The number of hydrogen-bond donors (Lipinski definition) is 1. The second kappa shape index (κ2) is 5.78. The minimum absolute atomic E-state index is 0.0268. The molecule has 1 N–H and O–H groups in total. The molecule has 0 bridgehead atoms. The number of carbonyl (C=O) groups excluding carboxylic acids is 1. The van der Waals surface area contributed by atoms with Crippen LogP contribution in [0.25, 0.3) is 0 Å². The molecule has 5 heteroatoms. The van der Waals surface area contributed by atoms with E-state index in [0.29, 0.717) is 18.1 Å². The summed E-state index contributed by atoms with van der Waals surface area (Å²) in [7, 11) is 0. The molecule has 1 aliphatic heterocycles. The third-order valence-corrected chi connectivity index (χ3v) is 4.76. The van der Waals surface area contributed by atoms with Crippen LogP contribution in [0.15, 0.2) is 12.2 Å². The Kier molecular flexibility index (Phi) is 4.32. The summed E-state index contributed by atoms with van der Waals surface area (Å²) in [6.45, 7) is 3.61. The number of carbonyl (C=O) groups is 2. The maximum Gasteiger partial charge on any atom is 0.307 e. The highest BCUT2D eigenvalue weighted by atomic mass is 32.2. The van der Waals surface area contributed by atoms with Crippen LogP contribution in [0.3, 0.4) is 0 Å². The number of allylic oxidation sites excluding steroid dienone is 2. The van der Waals surface area contributed by atoms with E-state index in [1.165, 1.54) is 0 Å². The Labute approximate surface area is 111 Å². The van der Waals surface area contributed by atoms with Crippen molar-refractivity contribution < 1.29 is 14.7 Å². The number of amides is 1. The van der Waals surface area contributed by atoms with Gasteiger partial charge in [-0.3, -0.25) is 9.59 Å². The molecule has 0 spiro atoms. The molecule has 1 saturated heterocycles. The van der Waals surface area contributed by atoms with Crippen LogP contribution in [0.1, 0.15) is 19.8 Å². The molecule has 18 heavy (non-hydrogen) atoms. The van der Waals surface area contributed by atoms with Gasteiger partial charge in [-0.15, -0.1) is 0 Å². The molecular weight excluding hydrogens is 250 g/mol. The molecule has 0 aromatic rings. The van der Waals surface area contributed by atoms with Gasteiger partial charge in [-0.2, -0.15) is 11.8 Å². The predicted molar refractivity (Wildman–Crippen MR) is 71.5 cm³/mol. The van der Waals surface area contributed by atoms with Gasteiger partial charge >= 0.3 is 5.97 Å². The second-order valence-corrected chi connectivity index (χ2v) is 6.51. The van der Waals surface area contributed by atoms with Gasteiger partial charge in [-0.05, 0) is 12.8 Å². The number of aliphatic carboxylic acids is 1. The Morgan fingerprint density at radius 2 is 1.94 bits per heavy atom. The van der Waals surface area contributed by atoms with Crippen LogP contribution in [0.2, 0.25) is 0 Å². The van der Waals surface area contributed by atoms with Gasteiger partial charge in [0.15, 0.2) is 0 Å². The Morgan fingerprint density at radius 3 is 2.56 bits per heavy atom. The van der Waals surface area contributed by atoms with Gasteiger partial charge < -0.3 is 10.0 Å². The van der Waals surface area contributed by atoms with Gasteiger partial charge in [0, 0.05) is 24.1 Å². The SMILES string of the molecule is CC1CN(C(=O)[C@@H]2CC=CC[C@@H]2C(=O)O)CCS1. The number of hydrogen-bond acceptors (Lipinski definition) is 3. The molecule has 1 fully saturated rings. The maximum absolute atomic E-state index is 12.4. The molecule has 1 aliphatic carbocycles. The lowest BCUT2D eigenvalue weighted by Crippen LogP contribution is -2.47. The lowest BCUT2D eigenvalue weighted by Gasteiger charge is -2.35.